The van der Waals surface area contributed by atoms with Crippen LogP contribution >= 0.6 is 0 Å². The maximum Gasteiger partial charge on any atom is 0.132 e. The van der Waals surface area contributed by atoms with E-state index < -0.39 is 5.60 Å². The Kier molecular flexibility index (Phi) is 6.30. The molecule has 0 saturated carbocycles. The minimum Gasteiger partial charge on any atom is -0.485 e. The summed E-state index contributed by atoms with van der Waals surface area (Å²) in [5.41, 5.74) is 5.17. The molecule has 0 saturated heterocycles. The average molecular weight is 418 g/mol. The number of anilines is 1. The van der Waals surface area contributed by atoms with Gasteiger partial charge in [0.25, 0.3) is 0 Å². The highest BCUT2D eigenvalue weighted by Crippen LogP contribution is 2.44. The second kappa shape index (κ2) is 9.13. The molecular weight excluding hydrogens is 386 g/mol. The lowest BCUT2D eigenvalue weighted by Gasteiger charge is -2.44. The van der Waals surface area contributed by atoms with E-state index in [9.17, 15) is 0 Å². The molecular formula is C27H31NO3. The molecule has 162 valence electrons. The number of hydrogen-bond donors (Lipinski definition) is 1. The van der Waals surface area contributed by atoms with Crippen LogP contribution in [0.4, 0.5) is 5.69 Å². The first-order chi connectivity index (χ1) is 15.0. The number of nitrogens with one attached hydrogen (secondary N) is 1. The summed E-state index contributed by atoms with van der Waals surface area (Å²) in [5, 5.41) is 3.52. The van der Waals surface area contributed by atoms with Crippen LogP contribution in [-0.2, 0) is 22.6 Å². The second-order valence-corrected chi connectivity index (χ2v) is 8.67. The van der Waals surface area contributed by atoms with Gasteiger partial charge in [0.05, 0.1) is 6.61 Å². The molecule has 3 aromatic rings. The lowest BCUT2D eigenvalue weighted by Crippen LogP contribution is -2.50. The molecule has 31 heavy (non-hydrogen) atoms. The normalized spacial score (nSPS) is 19.4. The first kappa shape index (κ1) is 21.4. The summed E-state index contributed by atoms with van der Waals surface area (Å²) < 4.78 is 18.7. The third-order valence-corrected chi connectivity index (χ3v) is 5.79. The third-order valence-electron chi connectivity index (χ3n) is 5.79. The van der Waals surface area contributed by atoms with Gasteiger partial charge in [0.15, 0.2) is 0 Å². The van der Waals surface area contributed by atoms with Crippen molar-refractivity contribution >= 4 is 5.69 Å². The predicted octanol–water partition coefficient (Wildman–Crippen LogP) is 6.05. The van der Waals surface area contributed by atoms with E-state index >= 15 is 0 Å². The minimum atomic E-state index is -0.515. The summed E-state index contributed by atoms with van der Waals surface area (Å²) in [7, 11) is 1.74. The van der Waals surface area contributed by atoms with Crippen LogP contribution in [0.25, 0.3) is 0 Å². The fourth-order valence-electron chi connectivity index (χ4n) is 4.05. The van der Waals surface area contributed by atoms with Gasteiger partial charge in [-0.2, -0.15) is 0 Å². The molecule has 0 aliphatic carbocycles. The molecule has 3 aromatic carbocycles. The highest BCUT2D eigenvalue weighted by atomic mass is 16.6. The van der Waals surface area contributed by atoms with Crippen LogP contribution in [0.15, 0.2) is 72.8 Å². The van der Waals surface area contributed by atoms with E-state index in [1.165, 1.54) is 11.1 Å². The predicted molar refractivity (Wildman–Crippen MR) is 124 cm³/mol. The summed E-state index contributed by atoms with van der Waals surface area (Å²) in [5.74, 6) is 0.845. The molecule has 0 spiro atoms. The summed E-state index contributed by atoms with van der Waals surface area (Å²) in [6.07, 6.45) is -0.457. The van der Waals surface area contributed by atoms with Crippen LogP contribution in [0.3, 0.4) is 0 Å². The van der Waals surface area contributed by atoms with Crippen molar-refractivity contribution in [2.24, 2.45) is 0 Å². The fourth-order valence-corrected chi connectivity index (χ4v) is 4.05. The van der Waals surface area contributed by atoms with Gasteiger partial charge in [-0.1, -0.05) is 60.2 Å². The summed E-state index contributed by atoms with van der Waals surface area (Å²) in [4.78, 5) is 0. The number of hydrogen-bond acceptors (Lipinski definition) is 4. The average Bonchev–Trinajstić information content (AvgIpc) is 2.77. The van der Waals surface area contributed by atoms with Crippen LogP contribution in [0.2, 0.25) is 0 Å². The van der Waals surface area contributed by atoms with Gasteiger partial charge in [0, 0.05) is 24.9 Å². The maximum absolute atomic E-state index is 6.35. The number of benzene rings is 3. The van der Waals surface area contributed by atoms with E-state index in [-0.39, 0.29) is 12.2 Å². The van der Waals surface area contributed by atoms with E-state index in [1.54, 1.807) is 7.11 Å². The van der Waals surface area contributed by atoms with Crippen LogP contribution in [0, 0.1) is 6.92 Å². The molecule has 4 nitrogen and oxygen atoms in total. The van der Waals surface area contributed by atoms with Gasteiger partial charge >= 0.3 is 0 Å². The molecule has 1 aliphatic rings. The van der Waals surface area contributed by atoms with E-state index in [1.807, 2.05) is 24.3 Å². The van der Waals surface area contributed by atoms with Gasteiger partial charge in [0.2, 0.25) is 0 Å². The summed E-state index contributed by atoms with van der Waals surface area (Å²) in [6, 6.07) is 25.0. The summed E-state index contributed by atoms with van der Waals surface area (Å²) >= 11 is 0. The number of rotatable bonds is 7. The fraction of sp³-hybridized carbons (Fsp3) is 0.333. The Morgan fingerprint density at radius 3 is 2.39 bits per heavy atom. The quantitative estimate of drug-likeness (QED) is 0.508. The van der Waals surface area contributed by atoms with E-state index in [0.717, 1.165) is 29.1 Å². The number of ether oxygens (including phenoxy) is 3. The molecule has 4 heteroatoms. The highest BCUT2D eigenvalue weighted by Gasteiger charge is 2.45. The molecule has 2 unspecified atom stereocenters. The Bertz CT molecular complexity index is 999. The van der Waals surface area contributed by atoms with Crippen molar-refractivity contribution in [1.82, 2.24) is 0 Å². The van der Waals surface area contributed by atoms with Crippen LogP contribution in [-0.4, -0.2) is 18.8 Å². The zero-order valence-electron chi connectivity index (χ0n) is 18.7. The van der Waals surface area contributed by atoms with Crippen LogP contribution in [0.5, 0.6) is 5.75 Å². The van der Waals surface area contributed by atoms with Gasteiger partial charge in [-0.15, -0.1) is 0 Å². The zero-order chi connectivity index (χ0) is 21.8. The van der Waals surface area contributed by atoms with Crippen molar-refractivity contribution in [2.75, 3.05) is 12.4 Å². The Morgan fingerprint density at radius 1 is 0.935 bits per heavy atom. The van der Waals surface area contributed by atoms with Crippen LogP contribution < -0.4 is 10.1 Å². The smallest absolute Gasteiger partial charge is 0.132 e. The van der Waals surface area contributed by atoms with Gasteiger partial charge in [-0.3, -0.25) is 0 Å². The number of fused-ring (bicyclic) bond motifs is 1. The van der Waals surface area contributed by atoms with Gasteiger partial charge in [0.1, 0.15) is 23.6 Å². The van der Waals surface area contributed by atoms with E-state index in [0.29, 0.717) is 6.61 Å². The second-order valence-electron chi connectivity index (χ2n) is 8.67. The molecule has 0 fully saturated rings. The largest absolute Gasteiger partial charge is 0.485 e. The standard InChI is InChI=1S/C27H31NO3/c1-19-10-12-20(13-11-19)17-28-22-14-15-24-23(16-22)25(29-4)26(27(2,3)31-24)30-18-21-8-6-5-7-9-21/h5-16,25-26,28H,17-18H2,1-4H3. The van der Waals surface area contributed by atoms with E-state index in [4.69, 9.17) is 14.2 Å². The van der Waals surface area contributed by atoms with Crippen molar-refractivity contribution in [3.8, 4) is 5.75 Å². The van der Waals surface area contributed by atoms with Crippen molar-refractivity contribution in [2.45, 2.75) is 51.7 Å². The molecule has 0 radical (unpaired) electrons. The molecule has 0 amide bonds. The molecule has 4 rings (SSSR count). The molecule has 0 aromatic heterocycles. The molecule has 1 aliphatic heterocycles. The Labute approximate surface area is 185 Å². The summed E-state index contributed by atoms with van der Waals surface area (Å²) in [6.45, 7) is 7.49. The first-order valence-electron chi connectivity index (χ1n) is 10.8. The first-order valence-corrected chi connectivity index (χ1v) is 10.8. The van der Waals surface area contributed by atoms with Gasteiger partial charge < -0.3 is 19.5 Å². The van der Waals surface area contributed by atoms with Crippen molar-refractivity contribution in [3.05, 3.63) is 95.1 Å². The molecule has 2 atom stereocenters. The van der Waals surface area contributed by atoms with Crippen molar-refractivity contribution in [3.63, 3.8) is 0 Å². The maximum atomic E-state index is 6.35. The molecule has 1 heterocycles. The Hall–Kier alpha value is -2.82. The van der Waals surface area contributed by atoms with Gasteiger partial charge in [-0.25, -0.2) is 0 Å². The lowest BCUT2D eigenvalue weighted by molar-refractivity contribution is -0.159. The SMILES string of the molecule is COC1c2cc(NCc3ccc(C)cc3)ccc2OC(C)(C)C1OCc1ccccc1. The Morgan fingerprint density at radius 2 is 1.68 bits per heavy atom. The Balaban J connectivity index is 1.53. The zero-order valence-corrected chi connectivity index (χ0v) is 18.7. The van der Waals surface area contributed by atoms with Crippen molar-refractivity contribution in [1.29, 1.82) is 0 Å². The third kappa shape index (κ3) is 4.92. The highest BCUT2D eigenvalue weighted by molar-refractivity contribution is 5.54. The lowest BCUT2D eigenvalue weighted by atomic mass is 9.88. The molecule has 1 N–H and O–H groups in total. The molecule has 0 bridgehead atoms. The van der Waals surface area contributed by atoms with Gasteiger partial charge in [-0.05, 0) is 50.1 Å². The topological polar surface area (TPSA) is 39.7 Å². The minimum absolute atomic E-state index is 0.219. The van der Waals surface area contributed by atoms with E-state index in [2.05, 4.69) is 74.6 Å². The monoisotopic (exact) mass is 417 g/mol. The van der Waals surface area contributed by atoms with Crippen LogP contribution in [0.1, 0.15) is 42.2 Å². The van der Waals surface area contributed by atoms with Crippen molar-refractivity contribution < 1.29 is 14.2 Å². The number of methoxy groups -OCH3 is 1. The number of aryl methyl sites for hydroxylation is 1.